The minimum atomic E-state index is -0.302. The quantitative estimate of drug-likeness (QED) is 0.633. The molecule has 2 atom stereocenters. The van der Waals surface area contributed by atoms with Crippen molar-refractivity contribution in [1.82, 2.24) is 4.90 Å². The number of fused-ring (bicyclic) bond motifs is 2. The number of ether oxygens (including phenoxy) is 1. The third-order valence-corrected chi connectivity index (χ3v) is 6.54. The highest BCUT2D eigenvalue weighted by Crippen LogP contribution is 2.47. The van der Waals surface area contributed by atoms with E-state index in [0.717, 1.165) is 25.3 Å². The molecule has 3 nitrogen and oxygen atoms in total. The number of hydrogen-bond acceptors (Lipinski definition) is 3. The highest BCUT2D eigenvalue weighted by atomic mass is 19.1. The largest absolute Gasteiger partial charge is 0.497 e. The molecule has 2 fully saturated rings. The normalized spacial score (nSPS) is 24.3. The summed E-state index contributed by atoms with van der Waals surface area (Å²) in [5, 5.41) is 0. The second-order valence-electron chi connectivity index (χ2n) is 8.27. The van der Waals surface area contributed by atoms with Crippen molar-refractivity contribution in [2.75, 3.05) is 20.2 Å². The number of carbonyl (C=O) groups is 1. The second kappa shape index (κ2) is 8.04. The Bertz CT molecular complexity index is 835. The number of likely N-dealkylation sites (tertiary alicyclic amines) is 1. The first kappa shape index (κ1) is 19.1. The van der Waals surface area contributed by atoms with E-state index in [2.05, 4.69) is 23.1 Å². The Kier molecular flexibility index (Phi) is 5.49. The van der Waals surface area contributed by atoms with Gasteiger partial charge < -0.3 is 4.74 Å². The highest BCUT2D eigenvalue weighted by molar-refractivity contribution is 5.95. The molecule has 148 valence electrons. The smallest absolute Gasteiger partial charge is 0.162 e. The average Bonchev–Trinajstić information content (AvgIpc) is 2.98. The van der Waals surface area contributed by atoms with E-state index in [1.54, 1.807) is 19.2 Å². The molecule has 0 N–H and O–H groups in total. The molecule has 1 aliphatic carbocycles. The summed E-state index contributed by atoms with van der Waals surface area (Å²) < 4.78 is 18.5. The topological polar surface area (TPSA) is 29.5 Å². The second-order valence-corrected chi connectivity index (χ2v) is 8.27. The lowest BCUT2D eigenvalue weighted by atomic mass is 9.71. The fourth-order valence-electron chi connectivity index (χ4n) is 5.10. The van der Waals surface area contributed by atoms with Gasteiger partial charge in [0.05, 0.1) is 7.11 Å². The van der Waals surface area contributed by atoms with Crippen LogP contribution in [-0.2, 0) is 5.41 Å². The lowest BCUT2D eigenvalue weighted by Crippen LogP contribution is -2.31. The minimum absolute atomic E-state index is 0.102. The van der Waals surface area contributed by atoms with Gasteiger partial charge in [-0.15, -0.1) is 0 Å². The van der Waals surface area contributed by atoms with Crippen LogP contribution in [0.3, 0.4) is 0 Å². The summed E-state index contributed by atoms with van der Waals surface area (Å²) in [6, 6.07) is 15.0. The lowest BCUT2D eigenvalue weighted by Gasteiger charge is -2.32. The van der Waals surface area contributed by atoms with Crippen molar-refractivity contribution in [2.24, 2.45) is 0 Å². The molecule has 4 rings (SSSR count). The van der Waals surface area contributed by atoms with Gasteiger partial charge in [-0.05, 0) is 74.2 Å². The SMILES string of the molecule is COc1cccc(C23CCCC(C2)N(CCCC(=O)c2ccc(F)cc2)C3)c1. The molecule has 2 aliphatic rings. The lowest BCUT2D eigenvalue weighted by molar-refractivity contribution is 0.0973. The standard InChI is InChI=1S/C24H28FNO2/c1-28-22-7-2-5-19(15-22)24-13-3-6-21(16-24)26(17-24)14-4-8-23(27)18-9-11-20(25)12-10-18/h2,5,7,9-12,15,21H,3-4,6,8,13-14,16-17H2,1H3. The maximum Gasteiger partial charge on any atom is 0.162 e. The molecular weight excluding hydrogens is 353 g/mol. The molecule has 0 aromatic heterocycles. The molecule has 1 saturated carbocycles. The van der Waals surface area contributed by atoms with Crippen LogP contribution < -0.4 is 4.74 Å². The summed E-state index contributed by atoms with van der Waals surface area (Å²) in [6.07, 6.45) is 6.29. The predicted octanol–water partition coefficient (Wildman–Crippen LogP) is 4.99. The number of methoxy groups -OCH3 is 1. The van der Waals surface area contributed by atoms with Gasteiger partial charge in [-0.3, -0.25) is 9.69 Å². The predicted molar refractivity (Wildman–Crippen MR) is 108 cm³/mol. The first-order valence-electron chi connectivity index (χ1n) is 10.3. The third-order valence-electron chi connectivity index (χ3n) is 6.54. The van der Waals surface area contributed by atoms with Crippen LogP contribution in [0.4, 0.5) is 4.39 Å². The van der Waals surface area contributed by atoms with Crippen molar-refractivity contribution >= 4 is 5.78 Å². The monoisotopic (exact) mass is 381 g/mol. The van der Waals surface area contributed by atoms with Crippen LogP contribution in [0.15, 0.2) is 48.5 Å². The molecule has 2 bridgehead atoms. The maximum atomic E-state index is 13.0. The van der Waals surface area contributed by atoms with Crippen LogP contribution in [0.2, 0.25) is 0 Å². The van der Waals surface area contributed by atoms with Gasteiger partial charge in [-0.1, -0.05) is 18.6 Å². The maximum absolute atomic E-state index is 13.0. The molecule has 1 heterocycles. The van der Waals surface area contributed by atoms with Crippen LogP contribution >= 0.6 is 0 Å². The number of Topliss-reactive ketones (excluding diaryl/α,β-unsaturated/α-hetero) is 1. The van der Waals surface area contributed by atoms with Crippen LogP contribution in [0, 0.1) is 5.82 Å². The summed E-state index contributed by atoms with van der Waals surface area (Å²) in [4.78, 5) is 14.9. The van der Waals surface area contributed by atoms with Crippen molar-refractivity contribution in [1.29, 1.82) is 0 Å². The Labute approximate surface area is 166 Å². The molecule has 1 saturated heterocycles. The number of rotatable bonds is 7. The van der Waals surface area contributed by atoms with Gasteiger partial charge in [0.25, 0.3) is 0 Å². The van der Waals surface area contributed by atoms with Crippen LogP contribution in [0.25, 0.3) is 0 Å². The fourth-order valence-corrected chi connectivity index (χ4v) is 5.10. The van der Waals surface area contributed by atoms with Gasteiger partial charge in [0.1, 0.15) is 11.6 Å². The van der Waals surface area contributed by atoms with E-state index in [1.807, 2.05) is 6.07 Å². The fraction of sp³-hybridized carbons (Fsp3) is 0.458. The molecule has 2 aromatic carbocycles. The Hall–Kier alpha value is -2.20. The van der Waals surface area contributed by atoms with Crippen molar-refractivity contribution in [3.05, 3.63) is 65.5 Å². The van der Waals surface area contributed by atoms with E-state index in [9.17, 15) is 9.18 Å². The van der Waals surface area contributed by atoms with E-state index < -0.39 is 0 Å². The molecule has 2 aromatic rings. The van der Waals surface area contributed by atoms with Gasteiger partial charge >= 0.3 is 0 Å². The number of carbonyl (C=O) groups excluding carboxylic acids is 1. The van der Waals surface area contributed by atoms with Crippen molar-refractivity contribution in [3.63, 3.8) is 0 Å². The number of ketones is 1. The minimum Gasteiger partial charge on any atom is -0.497 e. The Morgan fingerprint density at radius 3 is 2.86 bits per heavy atom. The van der Waals surface area contributed by atoms with Gasteiger partial charge in [0, 0.05) is 30.0 Å². The Morgan fingerprint density at radius 2 is 2.07 bits per heavy atom. The van der Waals surface area contributed by atoms with Gasteiger partial charge in [-0.2, -0.15) is 0 Å². The van der Waals surface area contributed by atoms with E-state index in [-0.39, 0.29) is 17.0 Å². The van der Waals surface area contributed by atoms with Crippen molar-refractivity contribution < 1.29 is 13.9 Å². The van der Waals surface area contributed by atoms with E-state index in [4.69, 9.17) is 4.74 Å². The van der Waals surface area contributed by atoms with E-state index in [0.29, 0.717) is 18.0 Å². The summed E-state index contributed by atoms with van der Waals surface area (Å²) >= 11 is 0. The number of halogens is 1. The molecule has 4 heteroatoms. The molecule has 1 aliphatic heterocycles. The number of nitrogens with zero attached hydrogens (tertiary/aromatic N) is 1. The molecular formula is C24H28FNO2. The molecule has 0 radical (unpaired) electrons. The van der Waals surface area contributed by atoms with Gasteiger partial charge in [-0.25, -0.2) is 4.39 Å². The Balaban J connectivity index is 1.38. The summed E-state index contributed by atoms with van der Waals surface area (Å²) in [5.74, 6) is 0.728. The Morgan fingerprint density at radius 1 is 1.25 bits per heavy atom. The van der Waals surface area contributed by atoms with Crippen LogP contribution in [0.5, 0.6) is 5.75 Å². The number of benzene rings is 2. The van der Waals surface area contributed by atoms with Crippen molar-refractivity contribution in [2.45, 2.75) is 50.0 Å². The molecule has 28 heavy (non-hydrogen) atoms. The first-order chi connectivity index (χ1) is 13.6. The molecule has 0 spiro atoms. The summed E-state index contributed by atoms with van der Waals surface area (Å²) in [7, 11) is 1.72. The zero-order valence-corrected chi connectivity index (χ0v) is 16.5. The third kappa shape index (κ3) is 3.83. The summed E-state index contributed by atoms with van der Waals surface area (Å²) in [5.41, 5.74) is 2.22. The van der Waals surface area contributed by atoms with Gasteiger partial charge in [0.15, 0.2) is 5.78 Å². The molecule has 0 amide bonds. The first-order valence-corrected chi connectivity index (χ1v) is 10.3. The van der Waals surface area contributed by atoms with Crippen molar-refractivity contribution in [3.8, 4) is 5.75 Å². The molecule has 2 unspecified atom stereocenters. The van der Waals surface area contributed by atoms with Crippen LogP contribution in [-0.4, -0.2) is 36.9 Å². The van der Waals surface area contributed by atoms with E-state index in [1.165, 1.54) is 43.4 Å². The van der Waals surface area contributed by atoms with E-state index >= 15 is 0 Å². The number of hydrogen-bond donors (Lipinski definition) is 0. The van der Waals surface area contributed by atoms with Gasteiger partial charge in [0.2, 0.25) is 0 Å². The zero-order valence-electron chi connectivity index (χ0n) is 16.5. The highest BCUT2D eigenvalue weighted by Gasteiger charge is 2.47. The summed E-state index contributed by atoms with van der Waals surface area (Å²) in [6.45, 7) is 2.01. The average molecular weight is 381 g/mol. The van der Waals surface area contributed by atoms with Crippen LogP contribution in [0.1, 0.15) is 54.4 Å². The zero-order chi connectivity index (χ0) is 19.6.